The first kappa shape index (κ1) is 19.9. The number of amides is 2. The van der Waals surface area contributed by atoms with Crippen molar-refractivity contribution in [3.05, 3.63) is 65.7 Å². The molecule has 0 spiro atoms. The molecule has 1 atom stereocenters. The second-order valence-corrected chi connectivity index (χ2v) is 7.11. The Bertz CT molecular complexity index is 815. The lowest BCUT2D eigenvalue weighted by Crippen LogP contribution is -2.52. The zero-order valence-electron chi connectivity index (χ0n) is 16.7. The molecule has 1 aliphatic heterocycles. The minimum atomic E-state index is -0.328. The summed E-state index contributed by atoms with van der Waals surface area (Å²) in [5.41, 5.74) is 1.60. The van der Waals surface area contributed by atoms with Crippen molar-refractivity contribution in [3.63, 3.8) is 0 Å². The molecule has 1 aliphatic rings. The monoisotopic (exact) mass is 381 g/mol. The molecule has 0 aliphatic carbocycles. The van der Waals surface area contributed by atoms with E-state index in [2.05, 4.69) is 4.90 Å². The molecule has 3 rings (SSSR count). The summed E-state index contributed by atoms with van der Waals surface area (Å²) in [6.07, 6.45) is 0. The van der Waals surface area contributed by atoms with Gasteiger partial charge in [0, 0.05) is 45.8 Å². The van der Waals surface area contributed by atoms with Gasteiger partial charge >= 0.3 is 0 Å². The van der Waals surface area contributed by atoms with E-state index in [1.165, 1.54) is 0 Å². The van der Waals surface area contributed by atoms with E-state index in [9.17, 15) is 9.59 Å². The molecule has 2 aromatic carbocycles. The van der Waals surface area contributed by atoms with Gasteiger partial charge in [-0.25, -0.2) is 0 Å². The number of hydrogen-bond acceptors (Lipinski definition) is 4. The van der Waals surface area contributed by atoms with Crippen LogP contribution < -0.4 is 4.74 Å². The summed E-state index contributed by atoms with van der Waals surface area (Å²) in [5.74, 6) is 0.720. The largest absolute Gasteiger partial charge is 0.497 e. The van der Waals surface area contributed by atoms with Gasteiger partial charge in [-0.3, -0.25) is 14.5 Å². The van der Waals surface area contributed by atoms with Crippen LogP contribution in [-0.4, -0.2) is 73.9 Å². The van der Waals surface area contributed by atoms with Crippen molar-refractivity contribution in [1.82, 2.24) is 14.7 Å². The van der Waals surface area contributed by atoms with Crippen LogP contribution in [-0.2, 0) is 4.79 Å². The third kappa shape index (κ3) is 4.34. The smallest absolute Gasteiger partial charge is 0.254 e. The van der Waals surface area contributed by atoms with Crippen molar-refractivity contribution < 1.29 is 14.3 Å². The van der Waals surface area contributed by atoms with E-state index < -0.39 is 0 Å². The molecule has 0 bridgehead atoms. The summed E-state index contributed by atoms with van der Waals surface area (Å²) in [4.78, 5) is 31.3. The summed E-state index contributed by atoms with van der Waals surface area (Å²) in [6, 6.07) is 16.7. The van der Waals surface area contributed by atoms with E-state index in [1.807, 2.05) is 47.4 Å². The Balaban J connectivity index is 1.72. The first-order valence-corrected chi connectivity index (χ1v) is 9.44. The Kier molecular flexibility index (Phi) is 6.31. The van der Waals surface area contributed by atoms with Gasteiger partial charge in [-0.15, -0.1) is 0 Å². The van der Waals surface area contributed by atoms with Crippen molar-refractivity contribution >= 4 is 11.8 Å². The molecule has 0 aromatic heterocycles. The van der Waals surface area contributed by atoms with Crippen LogP contribution in [0.25, 0.3) is 0 Å². The van der Waals surface area contributed by atoms with Gasteiger partial charge < -0.3 is 14.5 Å². The molecule has 148 valence electrons. The number of rotatable bonds is 5. The fourth-order valence-electron chi connectivity index (χ4n) is 3.51. The second-order valence-electron chi connectivity index (χ2n) is 7.11. The number of likely N-dealkylation sites (N-methyl/N-ethyl adjacent to an activating group) is 1. The van der Waals surface area contributed by atoms with Gasteiger partial charge in [0.2, 0.25) is 5.91 Å². The molecule has 1 saturated heterocycles. The predicted molar refractivity (Wildman–Crippen MR) is 108 cm³/mol. The predicted octanol–water partition coefficient (Wildman–Crippen LogP) is 2.28. The van der Waals surface area contributed by atoms with Crippen LogP contribution in [0.2, 0.25) is 0 Å². The molecule has 0 saturated carbocycles. The fraction of sp³-hybridized carbons (Fsp3) is 0.364. The zero-order valence-corrected chi connectivity index (χ0v) is 16.7. The number of methoxy groups -OCH3 is 1. The average molecular weight is 381 g/mol. The first-order chi connectivity index (χ1) is 13.5. The molecule has 6 heteroatoms. The quantitative estimate of drug-likeness (QED) is 0.797. The zero-order chi connectivity index (χ0) is 20.1. The standard InChI is InChI=1S/C22H27N3O3/c1-23(2)22(27)20(17-8-5-4-6-9-17)24-12-14-25(15-13-24)21(26)18-10-7-11-19(16-18)28-3/h4-11,16,20H,12-15H2,1-3H3. The van der Waals surface area contributed by atoms with Crippen molar-refractivity contribution in [2.75, 3.05) is 47.4 Å². The van der Waals surface area contributed by atoms with E-state index in [4.69, 9.17) is 4.74 Å². The van der Waals surface area contributed by atoms with Gasteiger partial charge in [0.1, 0.15) is 11.8 Å². The van der Waals surface area contributed by atoms with Gasteiger partial charge in [0.15, 0.2) is 0 Å². The lowest BCUT2D eigenvalue weighted by molar-refractivity contribution is -0.135. The van der Waals surface area contributed by atoms with Gasteiger partial charge in [0.25, 0.3) is 5.91 Å². The average Bonchev–Trinajstić information content (AvgIpc) is 2.74. The van der Waals surface area contributed by atoms with Gasteiger partial charge in [0.05, 0.1) is 7.11 Å². The van der Waals surface area contributed by atoms with Crippen molar-refractivity contribution in [3.8, 4) is 5.75 Å². The van der Waals surface area contributed by atoms with Crippen LogP contribution >= 0.6 is 0 Å². The molecule has 0 N–H and O–H groups in total. The molecule has 1 fully saturated rings. The second kappa shape index (κ2) is 8.89. The number of carbonyl (C=O) groups is 2. The first-order valence-electron chi connectivity index (χ1n) is 9.44. The van der Waals surface area contributed by atoms with Crippen LogP contribution in [0.1, 0.15) is 22.0 Å². The molecule has 1 unspecified atom stereocenters. The van der Waals surface area contributed by atoms with Crippen LogP contribution in [0.3, 0.4) is 0 Å². The maximum Gasteiger partial charge on any atom is 0.254 e. The van der Waals surface area contributed by atoms with Crippen LogP contribution in [0.5, 0.6) is 5.75 Å². The number of benzene rings is 2. The Morgan fingerprint density at radius 2 is 1.64 bits per heavy atom. The van der Waals surface area contributed by atoms with E-state index >= 15 is 0 Å². The Hall–Kier alpha value is -2.86. The summed E-state index contributed by atoms with van der Waals surface area (Å²) >= 11 is 0. The highest BCUT2D eigenvalue weighted by atomic mass is 16.5. The minimum Gasteiger partial charge on any atom is -0.497 e. The Morgan fingerprint density at radius 1 is 0.964 bits per heavy atom. The third-order valence-electron chi connectivity index (χ3n) is 5.07. The number of hydrogen-bond donors (Lipinski definition) is 0. The minimum absolute atomic E-state index is 0.00579. The number of piperazine rings is 1. The summed E-state index contributed by atoms with van der Waals surface area (Å²) in [6.45, 7) is 2.46. The van der Waals surface area contributed by atoms with Crippen LogP contribution in [0.4, 0.5) is 0 Å². The Morgan fingerprint density at radius 3 is 2.25 bits per heavy atom. The molecule has 2 aromatic rings. The molecule has 2 amide bonds. The molecule has 6 nitrogen and oxygen atoms in total. The van der Waals surface area contributed by atoms with Crippen LogP contribution in [0, 0.1) is 0 Å². The topological polar surface area (TPSA) is 53.1 Å². The van der Waals surface area contributed by atoms with Crippen molar-refractivity contribution in [2.45, 2.75) is 6.04 Å². The summed E-state index contributed by atoms with van der Waals surface area (Å²) in [5, 5.41) is 0. The number of ether oxygens (including phenoxy) is 1. The van der Waals surface area contributed by atoms with Gasteiger partial charge in [-0.2, -0.15) is 0 Å². The van der Waals surface area contributed by atoms with Gasteiger partial charge in [-0.05, 0) is 23.8 Å². The normalized spacial score (nSPS) is 15.8. The third-order valence-corrected chi connectivity index (χ3v) is 5.07. The highest BCUT2D eigenvalue weighted by molar-refractivity contribution is 5.94. The SMILES string of the molecule is COc1cccc(C(=O)N2CCN(C(C(=O)N(C)C)c3ccccc3)CC2)c1. The summed E-state index contributed by atoms with van der Waals surface area (Å²) in [7, 11) is 5.15. The molecule has 0 radical (unpaired) electrons. The fourth-order valence-corrected chi connectivity index (χ4v) is 3.51. The highest BCUT2D eigenvalue weighted by Crippen LogP contribution is 2.25. The maximum absolute atomic E-state index is 12.8. The molecule has 1 heterocycles. The lowest BCUT2D eigenvalue weighted by Gasteiger charge is -2.39. The highest BCUT2D eigenvalue weighted by Gasteiger charge is 2.32. The lowest BCUT2D eigenvalue weighted by atomic mass is 10.0. The van der Waals surface area contributed by atoms with E-state index in [0.29, 0.717) is 37.5 Å². The van der Waals surface area contributed by atoms with Crippen molar-refractivity contribution in [2.24, 2.45) is 0 Å². The van der Waals surface area contributed by atoms with E-state index in [1.54, 1.807) is 38.2 Å². The molecule has 28 heavy (non-hydrogen) atoms. The summed E-state index contributed by atoms with van der Waals surface area (Å²) < 4.78 is 5.22. The van der Waals surface area contributed by atoms with Crippen molar-refractivity contribution in [1.29, 1.82) is 0 Å². The molecular weight excluding hydrogens is 354 g/mol. The van der Waals surface area contributed by atoms with Gasteiger partial charge in [-0.1, -0.05) is 36.4 Å². The van der Waals surface area contributed by atoms with E-state index in [0.717, 1.165) is 5.56 Å². The van der Waals surface area contributed by atoms with E-state index in [-0.39, 0.29) is 17.9 Å². The molecular formula is C22H27N3O3. The Labute approximate surface area is 166 Å². The number of carbonyl (C=O) groups excluding carboxylic acids is 2. The number of nitrogens with zero attached hydrogens (tertiary/aromatic N) is 3. The van der Waals surface area contributed by atoms with Crippen LogP contribution in [0.15, 0.2) is 54.6 Å². The maximum atomic E-state index is 12.8.